The van der Waals surface area contributed by atoms with Crippen LogP contribution in [0.2, 0.25) is 0 Å². The van der Waals surface area contributed by atoms with Gasteiger partial charge in [0.25, 0.3) is 0 Å². The molecule has 1 aromatic rings. The topological polar surface area (TPSA) is 66.7 Å². The maximum atomic E-state index is 12.4. The number of hydrogen-bond acceptors (Lipinski definition) is 4. The number of ether oxygens (including phenoxy) is 1. The Bertz CT molecular complexity index is 546. The van der Waals surface area contributed by atoms with Gasteiger partial charge in [0, 0.05) is 32.3 Å². The number of carbonyl (C=O) groups excluding carboxylic acids is 1. The Kier molecular flexibility index (Phi) is 6.37. The van der Waals surface area contributed by atoms with Gasteiger partial charge in [0.2, 0.25) is 0 Å². The van der Waals surface area contributed by atoms with Gasteiger partial charge in [0.05, 0.1) is 6.61 Å². The maximum Gasteiger partial charge on any atom is 0.315 e. The van der Waals surface area contributed by atoms with E-state index in [1.54, 1.807) is 7.11 Å². The molecule has 1 aliphatic heterocycles. The van der Waals surface area contributed by atoms with E-state index >= 15 is 0 Å². The molecule has 2 aliphatic rings. The molecule has 2 heterocycles. The lowest BCUT2D eigenvalue weighted by atomic mass is 10.0. The summed E-state index contributed by atoms with van der Waals surface area (Å²) >= 11 is 0. The molecule has 1 aromatic heterocycles. The molecule has 3 rings (SSSR count). The lowest BCUT2D eigenvalue weighted by molar-refractivity contribution is 0.140. The van der Waals surface area contributed by atoms with E-state index < -0.39 is 0 Å². The number of amides is 2. The number of methoxy groups -OCH3 is 1. The third-order valence-electron chi connectivity index (χ3n) is 5.45. The van der Waals surface area contributed by atoms with Gasteiger partial charge in [-0.15, -0.1) is 0 Å². The molecule has 1 saturated carbocycles. The van der Waals surface area contributed by atoms with Crippen molar-refractivity contribution in [2.75, 3.05) is 26.8 Å². The molecule has 6 nitrogen and oxygen atoms in total. The van der Waals surface area contributed by atoms with Crippen LogP contribution in [-0.2, 0) is 4.74 Å². The van der Waals surface area contributed by atoms with Gasteiger partial charge in [-0.05, 0) is 44.7 Å². The van der Waals surface area contributed by atoms with E-state index in [-0.39, 0.29) is 18.1 Å². The molecule has 1 aliphatic carbocycles. The van der Waals surface area contributed by atoms with Gasteiger partial charge in [-0.1, -0.05) is 12.8 Å². The van der Waals surface area contributed by atoms with Crippen LogP contribution in [0.5, 0.6) is 0 Å². The number of hydrogen-bond donors (Lipinski definition) is 2. The monoisotopic (exact) mass is 349 g/mol. The summed E-state index contributed by atoms with van der Waals surface area (Å²) in [5.41, 5.74) is 0. The van der Waals surface area contributed by atoms with E-state index in [9.17, 15) is 4.79 Å². The second-order valence-corrected chi connectivity index (χ2v) is 7.32. The lowest BCUT2D eigenvalue weighted by Gasteiger charge is -2.36. The summed E-state index contributed by atoms with van der Waals surface area (Å²) in [6.45, 7) is 4.47. The molecule has 25 heavy (non-hydrogen) atoms. The molecule has 6 heteroatoms. The number of nitrogens with one attached hydrogen (secondary N) is 2. The number of furan rings is 1. The van der Waals surface area contributed by atoms with Crippen LogP contribution < -0.4 is 10.6 Å². The third-order valence-corrected chi connectivity index (χ3v) is 5.45. The summed E-state index contributed by atoms with van der Waals surface area (Å²) in [6.07, 6.45) is 7.49. The van der Waals surface area contributed by atoms with E-state index in [2.05, 4.69) is 15.5 Å². The number of piperidine rings is 1. The fraction of sp³-hybridized carbons (Fsp3) is 0.737. The van der Waals surface area contributed by atoms with E-state index in [1.165, 1.54) is 25.7 Å². The molecule has 2 fully saturated rings. The summed E-state index contributed by atoms with van der Waals surface area (Å²) in [6, 6.07) is 4.41. The smallest absolute Gasteiger partial charge is 0.315 e. The molecule has 1 atom stereocenters. The minimum absolute atomic E-state index is 0.143. The first kappa shape index (κ1) is 18.3. The number of carbonyl (C=O) groups is 1. The van der Waals surface area contributed by atoms with E-state index in [1.807, 2.05) is 19.1 Å². The summed E-state index contributed by atoms with van der Waals surface area (Å²) in [7, 11) is 1.63. The first-order chi connectivity index (χ1) is 12.2. The highest BCUT2D eigenvalue weighted by atomic mass is 16.5. The van der Waals surface area contributed by atoms with E-state index in [0.29, 0.717) is 6.61 Å². The Balaban J connectivity index is 1.45. The summed E-state index contributed by atoms with van der Waals surface area (Å²) < 4.78 is 10.9. The molecule has 2 amide bonds. The van der Waals surface area contributed by atoms with Gasteiger partial charge in [-0.3, -0.25) is 0 Å². The molecule has 2 N–H and O–H groups in total. The second kappa shape index (κ2) is 8.72. The number of likely N-dealkylation sites (tertiary alicyclic amines) is 1. The number of rotatable bonds is 6. The summed E-state index contributed by atoms with van der Waals surface area (Å²) in [5, 5.41) is 6.10. The zero-order valence-electron chi connectivity index (χ0n) is 15.4. The minimum Gasteiger partial charge on any atom is -0.464 e. The Morgan fingerprint density at radius 3 is 2.60 bits per heavy atom. The normalized spacial score (nSPS) is 21.4. The van der Waals surface area contributed by atoms with Gasteiger partial charge in [0.15, 0.2) is 0 Å². The molecule has 140 valence electrons. The first-order valence-corrected chi connectivity index (χ1v) is 9.52. The molecule has 0 radical (unpaired) electrons. The van der Waals surface area contributed by atoms with Crippen molar-refractivity contribution in [1.82, 2.24) is 15.5 Å². The highest BCUT2D eigenvalue weighted by Gasteiger charge is 2.28. The average Bonchev–Trinajstić information content (AvgIpc) is 3.27. The standard InChI is InChI=1S/C19H31N3O3/c1-14-7-8-18(25-14)17(13-24-2)21-19(23)20-15-9-11-22(12-10-15)16-5-3-4-6-16/h7-8,15-17H,3-6,9-13H2,1-2H3,(H2,20,21,23)/t17-/m1/s1. The van der Waals surface area contributed by atoms with Gasteiger partial charge in [0.1, 0.15) is 17.6 Å². The Hall–Kier alpha value is -1.53. The summed E-state index contributed by atoms with van der Waals surface area (Å²) in [5.74, 6) is 1.56. The highest BCUT2D eigenvalue weighted by Crippen LogP contribution is 2.26. The number of nitrogens with zero attached hydrogens (tertiary/aromatic N) is 1. The van der Waals surface area contributed by atoms with Crippen molar-refractivity contribution >= 4 is 6.03 Å². The van der Waals surface area contributed by atoms with Crippen molar-refractivity contribution in [3.05, 3.63) is 23.7 Å². The van der Waals surface area contributed by atoms with Gasteiger partial charge in [-0.25, -0.2) is 4.79 Å². The van der Waals surface area contributed by atoms with Crippen LogP contribution in [-0.4, -0.2) is 49.8 Å². The third kappa shape index (κ3) is 4.98. The lowest BCUT2D eigenvalue weighted by Crippen LogP contribution is -2.50. The van der Waals surface area contributed by atoms with E-state index in [4.69, 9.17) is 9.15 Å². The van der Waals surface area contributed by atoms with Gasteiger partial charge < -0.3 is 24.7 Å². The predicted molar refractivity (Wildman–Crippen MR) is 96.6 cm³/mol. The molecule has 0 unspecified atom stereocenters. The van der Waals surface area contributed by atoms with Crippen LogP contribution in [0.3, 0.4) is 0 Å². The molecular formula is C19H31N3O3. The zero-order valence-corrected chi connectivity index (χ0v) is 15.4. The van der Waals surface area contributed by atoms with Crippen molar-refractivity contribution in [1.29, 1.82) is 0 Å². The van der Waals surface area contributed by atoms with Crippen molar-refractivity contribution in [3.63, 3.8) is 0 Å². The molecule has 0 bridgehead atoms. The molecule has 0 spiro atoms. The Labute approximate surface area is 150 Å². The predicted octanol–water partition coefficient (Wildman–Crippen LogP) is 2.98. The van der Waals surface area contributed by atoms with Crippen LogP contribution in [0.4, 0.5) is 4.79 Å². The minimum atomic E-state index is -0.266. The van der Waals surface area contributed by atoms with Crippen molar-refractivity contribution in [3.8, 4) is 0 Å². The molecule has 0 aromatic carbocycles. The molecular weight excluding hydrogens is 318 g/mol. The maximum absolute atomic E-state index is 12.4. The van der Waals surface area contributed by atoms with E-state index in [0.717, 1.165) is 43.5 Å². The van der Waals surface area contributed by atoms with Crippen LogP contribution >= 0.6 is 0 Å². The number of aryl methyl sites for hydroxylation is 1. The van der Waals surface area contributed by atoms with Gasteiger partial charge >= 0.3 is 6.03 Å². The Morgan fingerprint density at radius 2 is 2.00 bits per heavy atom. The van der Waals surface area contributed by atoms with Crippen LogP contribution in [0.15, 0.2) is 16.5 Å². The highest BCUT2D eigenvalue weighted by molar-refractivity contribution is 5.74. The largest absolute Gasteiger partial charge is 0.464 e. The van der Waals surface area contributed by atoms with Crippen molar-refractivity contribution in [2.24, 2.45) is 0 Å². The van der Waals surface area contributed by atoms with Crippen LogP contribution in [0, 0.1) is 6.92 Å². The first-order valence-electron chi connectivity index (χ1n) is 9.52. The summed E-state index contributed by atoms with van der Waals surface area (Å²) in [4.78, 5) is 15.0. The second-order valence-electron chi connectivity index (χ2n) is 7.32. The Morgan fingerprint density at radius 1 is 1.28 bits per heavy atom. The van der Waals surface area contributed by atoms with Crippen molar-refractivity contribution in [2.45, 2.75) is 63.6 Å². The fourth-order valence-electron chi connectivity index (χ4n) is 4.07. The SMILES string of the molecule is COC[C@@H](NC(=O)NC1CCN(C2CCCC2)CC1)c1ccc(C)o1. The average molecular weight is 349 g/mol. The number of urea groups is 1. The van der Waals surface area contributed by atoms with Crippen LogP contribution in [0.25, 0.3) is 0 Å². The van der Waals surface area contributed by atoms with Gasteiger partial charge in [-0.2, -0.15) is 0 Å². The van der Waals surface area contributed by atoms with Crippen LogP contribution in [0.1, 0.15) is 56.1 Å². The quantitative estimate of drug-likeness (QED) is 0.828. The zero-order chi connectivity index (χ0) is 17.6. The molecule has 1 saturated heterocycles. The fourth-order valence-corrected chi connectivity index (χ4v) is 4.07. The van der Waals surface area contributed by atoms with Crippen molar-refractivity contribution < 1.29 is 13.9 Å².